The minimum Gasteiger partial charge on any atom is -0.295 e. The molecule has 1 saturated heterocycles. The first-order valence-electron chi connectivity index (χ1n) is 6.93. The van der Waals surface area contributed by atoms with Crippen LogP contribution in [-0.4, -0.2) is 11.7 Å². The van der Waals surface area contributed by atoms with Crippen LogP contribution in [0.3, 0.4) is 0 Å². The third-order valence-corrected chi connectivity index (χ3v) is 5.63. The van der Waals surface area contributed by atoms with E-state index < -0.39 is 0 Å². The third-order valence-electron chi connectivity index (χ3n) is 3.60. The number of anilines is 1. The monoisotopic (exact) mass is 351 g/mol. The summed E-state index contributed by atoms with van der Waals surface area (Å²) in [7, 11) is 0. The summed E-state index contributed by atoms with van der Waals surface area (Å²) in [4.78, 5) is 14.2. The van der Waals surface area contributed by atoms with E-state index in [0.29, 0.717) is 15.8 Å². The standard InChI is InChI=1S/C17H15Cl2NOS/c1-10-6-11(2)8-12(7-10)20-15(21)9-22-17(20)13-4-3-5-14(18)16(13)19/h3-8,17H,9H2,1-2H3/t17-/m1/s1. The molecule has 1 amide bonds. The second-order valence-electron chi connectivity index (χ2n) is 5.42. The van der Waals surface area contributed by atoms with Gasteiger partial charge in [-0.3, -0.25) is 9.69 Å². The summed E-state index contributed by atoms with van der Waals surface area (Å²) in [6, 6.07) is 11.7. The molecule has 0 unspecified atom stereocenters. The molecular formula is C17H15Cl2NOS. The van der Waals surface area contributed by atoms with Crippen LogP contribution in [-0.2, 0) is 4.79 Å². The zero-order valence-electron chi connectivity index (χ0n) is 12.3. The van der Waals surface area contributed by atoms with E-state index in [-0.39, 0.29) is 11.3 Å². The number of nitrogens with zero attached hydrogens (tertiary/aromatic N) is 1. The van der Waals surface area contributed by atoms with Gasteiger partial charge in [-0.2, -0.15) is 0 Å². The smallest absolute Gasteiger partial charge is 0.238 e. The second kappa shape index (κ2) is 6.15. The van der Waals surface area contributed by atoms with Crippen molar-refractivity contribution in [3.8, 4) is 0 Å². The number of rotatable bonds is 2. The van der Waals surface area contributed by atoms with Crippen LogP contribution in [0.4, 0.5) is 5.69 Å². The quantitative estimate of drug-likeness (QED) is 0.722. The number of carbonyl (C=O) groups is 1. The van der Waals surface area contributed by atoms with Crippen molar-refractivity contribution >= 4 is 46.6 Å². The number of thioether (sulfide) groups is 1. The molecule has 1 heterocycles. The highest BCUT2D eigenvalue weighted by Crippen LogP contribution is 2.45. The van der Waals surface area contributed by atoms with Crippen LogP contribution >= 0.6 is 35.0 Å². The van der Waals surface area contributed by atoms with Gasteiger partial charge in [0, 0.05) is 11.3 Å². The lowest BCUT2D eigenvalue weighted by Crippen LogP contribution is -2.28. The molecule has 2 aromatic rings. The maximum Gasteiger partial charge on any atom is 0.238 e. The van der Waals surface area contributed by atoms with E-state index in [2.05, 4.69) is 6.07 Å². The van der Waals surface area contributed by atoms with Gasteiger partial charge in [0.15, 0.2) is 0 Å². The van der Waals surface area contributed by atoms with E-state index in [1.54, 1.807) is 17.8 Å². The molecule has 0 aliphatic carbocycles. The van der Waals surface area contributed by atoms with Crippen LogP contribution in [0.5, 0.6) is 0 Å². The van der Waals surface area contributed by atoms with Gasteiger partial charge in [-0.25, -0.2) is 0 Å². The van der Waals surface area contributed by atoms with Crippen molar-refractivity contribution < 1.29 is 4.79 Å². The molecule has 0 aromatic heterocycles. The lowest BCUT2D eigenvalue weighted by atomic mass is 10.1. The van der Waals surface area contributed by atoms with Crippen LogP contribution in [0.1, 0.15) is 22.1 Å². The van der Waals surface area contributed by atoms with Crippen LogP contribution in [0.2, 0.25) is 10.0 Å². The van der Waals surface area contributed by atoms with Crippen LogP contribution < -0.4 is 4.90 Å². The molecule has 0 N–H and O–H groups in total. The predicted octanol–water partition coefficient (Wildman–Crippen LogP) is 5.39. The number of halogens is 2. The topological polar surface area (TPSA) is 20.3 Å². The molecule has 0 bridgehead atoms. The van der Waals surface area contributed by atoms with E-state index in [9.17, 15) is 4.79 Å². The molecule has 0 spiro atoms. The van der Waals surface area contributed by atoms with Gasteiger partial charge in [0.25, 0.3) is 0 Å². The Morgan fingerprint density at radius 1 is 1.14 bits per heavy atom. The Morgan fingerprint density at radius 3 is 2.50 bits per heavy atom. The van der Waals surface area contributed by atoms with Gasteiger partial charge < -0.3 is 0 Å². The molecule has 2 nitrogen and oxygen atoms in total. The Hall–Kier alpha value is -1.16. The number of aryl methyl sites for hydroxylation is 2. The molecule has 1 aliphatic heterocycles. The van der Waals surface area contributed by atoms with Gasteiger partial charge in [0.2, 0.25) is 5.91 Å². The van der Waals surface area contributed by atoms with Crippen molar-refractivity contribution in [1.29, 1.82) is 0 Å². The fourth-order valence-electron chi connectivity index (χ4n) is 2.73. The molecule has 3 rings (SSSR count). The number of carbonyl (C=O) groups excluding carboxylic acids is 1. The van der Waals surface area contributed by atoms with Gasteiger partial charge in [0.1, 0.15) is 5.37 Å². The summed E-state index contributed by atoms with van der Waals surface area (Å²) in [5.74, 6) is 0.538. The fraction of sp³-hybridized carbons (Fsp3) is 0.235. The first-order chi connectivity index (χ1) is 10.5. The van der Waals surface area contributed by atoms with Gasteiger partial charge in [0.05, 0.1) is 15.8 Å². The molecule has 2 aromatic carbocycles. The summed E-state index contributed by atoms with van der Waals surface area (Å²) in [5, 5.41) is 0.894. The van der Waals surface area contributed by atoms with E-state index >= 15 is 0 Å². The Labute approximate surface area is 144 Å². The summed E-state index contributed by atoms with van der Waals surface area (Å²) in [6.07, 6.45) is 0. The van der Waals surface area contributed by atoms with E-state index in [1.165, 1.54) is 0 Å². The minimum atomic E-state index is -0.139. The van der Waals surface area contributed by atoms with Gasteiger partial charge in [-0.1, -0.05) is 41.4 Å². The van der Waals surface area contributed by atoms with Crippen molar-refractivity contribution in [1.82, 2.24) is 0 Å². The van der Waals surface area contributed by atoms with E-state index in [0.717, 1.165) is 22.4 Å². The number of amides is 1. The average Bonchev–Trinajstić information content (AvgIpc) is 2.82. The SMILES string of the molecule is Cc1cc(C)cc(N2C(=O)CS[C@@H]2c2cccc(Cl)c2Cl)c1. The molecule has 0 radical (unpaired) electrons. The highest BCUT2D eigenvalue weighted by Gasteiger charge is 2.35. The lowest BCUT2D eigenvalue weighted by molar-refractivity contribution is -0.115. The maximum atomic E-state index is 12.4. The number of benzene rings is 2. The molecule has 1 aliphatic rings. The van der Waals surface area contributed by atoms with Crippen LogP contribution in [0, 0.1) is 13.8 Å². The van der Waals surface area contributed by atoms with E-state index in [1.807, 2.05) is 43.0 Å². The first-order valence-corrected chi connectivity index (χ1v) is 8.73. The predicted molar refractivity (Wildman–Crippen MR) is 95.1 cm³/mol. The third kappa shape index (κ3) is 2.85. The lowest BCUT2D eigenvalue weighted by Gasteiger charge is -2.26. The molecule has 22 heavy (non-hydrogen) atoms. The Morgan fingerprint density at radius 2 is 1.82 bits per heavy atom. The van der Waals surface area contributed by atoms with Crippen molar-refractivity contribution in [2.75, 3.05) is 10.7 Å². The molecule has 1 fully saturated rings. The zero-order chi connectivity index (χ0) is 15.9. The summed E-state index contributed by atoms with van der Waals surface area (Å²) >= 11 is 14.1. The Bertz CT molecular complexity index is 727. The van der Waals surface area contributed by atoms with Gasteiger partial charge in [-0.15, -0.1) is 11.8 Å². The Kier molecular flexibility index (Phi) is 4.40. The largest absolute Gasteiger partial charge is 0.295 e. The molecule has 5 heteroatoms. The maximum absolute atomic E-state index is 12.4. The molecule has 1 atom stereocenters. The van der Waals surface area contributed by atoms with Crippen molar-refractivity contribution in [3.05, 3.63) is 63.1 Å². The number of hydrogen-bond donors (Lipinski definition) is 0. The van der Waals surface area contributed by atoms with Crippen LogP contribution in [0.15, 0.2) is 36.4 Å². The summed E-state index contributed by atoms with van der Waals surface area (Å²) < 4.78 is 0. The first kappa shape index (κ1) is 15.7. The molecule has 0 saturated carbocycles. The molecule has 114 valence electrons. The summed E-state index contributed by atoms with van der Waals surface area (Å²) in [6.45, 7) is 4.07. The zero-order valence-corrected chi connectivity index (χ0v) is 14.6. The van der Waals surface area contributed by atoms with E-state index in [4.69, 9.17) is 23.2 Å². The minimum absolute atomic E-state index is 0.0936. The highest BCUT2D eigenvalue weighted by molar-refractivity contribution is 8.00. The summed E-state index contributed by atoms with van der Waals surface area (Å²) in [5.41, 5.74) is 4.06. The van der Waals surface area contributed by atoms with Gasteiger partial charge >= 0.3 is 0 Å². The average molecular weight is 352 g/mol. The normalized spacial score (nSPS) is 18.1. The second-order valence-corrected chi connectivity index (χ2v) is 7.27. The Balaban J connectivity index is 2.08. The van der Waals surface area contributed by atoms with Crippen molar-refractivity contribution in [2.45, 2.75) is 19.2 Å². The highest BCUT2D eigenvalue weighted by atomic mass is 35.5. The molecular weight excluding hydrogens is 337 g/mol. The number of hydrogen-bond acceptors (Lipinski definition) is 2. The van der Waals surface area contributed by atoms with Crippen molar-refractivity contribution in [3.63, 3.8) is 0 Å². The van der Waals surface area contributed by atoms with Crippen molar-refractivity contribution in [2.24, 2.45) is 0 Å². The van der Waals surface area contributed by atoms with Crippen LogP contribution in [0.25, 0.3) is 0 Å². The van der Waals surface area contributed by atoms with Gasteiger partial charge in [-0.05, 0) is 43.2 Å². The fourth-order valence-corrected chi connectivity index (χ4v) is 4.41.